The van der Waals surface area contributed by atoms with Gasteiger partial charge in [0.05, 0.1) is 0 Å². The molecule has 2 N–H and O–H groups in total. The van der Waals surface area contributed by atoms with E-state index in [0.29, 0.717) is 12.0 Å². The number of nitrogens with one attached hydrogen (secondary N) is 1. The Morgan fingerprint density at radius 2 is 2.25 bits per heavy atom. The molecule has 1 amide bonds. The normalized spacial score (nSPS) is 10.2. The predicted octanol–water partition coefficient (Wildman–Crippen LogP) is 3.25. The van der Waals surface area contributed by atoms with E-state index in [1.165, 1.54) is 0 Å². The van der Waals surface area contributed by atoms with Crippen LogP contribution in [0, 0.1) is 0 Å². The number of amides is 1. The molecule has 0 fully saturated rings. The van der Waals surface area contributed by atoms with Crippen LogP contribution in [-0.4, -0.2) is 11.2 Å². The Morgan fingerprint density at radius 3 is 2.94 bits per heavy atom. The van der Waals surface area contributed by atoms with Crippen molar-refractivity contribution >= 4 is 22.9 Å². The van der Waals surface area contributed by atoms with Gasteiger partial charge in [-0.25, -0.2) is 4.79 Å². The first-order chi connectivity index (χ1) is 7.72. The molecule has 0 aliphatic heterocycles. The number of anilines is 1. The molecule has 4 nitrogen and oxygen atoms in total. The van der Waals surface area contributed by atoms with Crippen LogP contribution in [0.15, 0.2) is 41.3 Å². The lowest BCUT2D eigenvalue weighted by molar-refractivity contribution is 0.209. The molecular weight excluding hydrogens is 206 g/mol. The van der Waals surface area contributed by atoms with E-state index in [9.17, 15) is 4.79 Å². The number of benzene rings is 1. The van der Waals surface area contributed by atoms with Crippen molar-refractivity contribution in [3.05, 3.63) is 42.5 Å². The maximum absolute atomic E-state index is 10.6. The molecule has 16 heavy (non-hydrogen) atoms. The number of hydrogen-bond acceptors (Lipinski definition) is 2. The number of furan rings is 1. The Hall–Kier alpha value is -2.23. The highest BCUT2D eigenvalue weighted by Gasteiger charge is 2.14. The molecule has 82 valence electrons. The molecule has 2 rings (SSSR count). The van der Waals surface area contributed by atoms with Crippen molar-refractivity contribution < 1.29 is 14.3 Å². The molecule has 1 heterocycles. The van der Waals surface area contributed by atoms with Gasteiger partial charge >= 0.3 is 6.09 Å². The first kappa shape index (κ1) is 10.3. The topological polar surface area (TPSA) is 62.5 Å². The second-order valence-corrected chi connectivity index (χ2v) is 3.33. The molecule has 0 saturated heterocycles. The molecule has 0 spiro atoms. The van der Waals surface area contributed by atoms with Crippen LogP contribution in [0.2, 0.25) is 0 Å². The molecule has 0 radical (unpaired) electrons. The molecule has 0 aliphatic rings. The number of allylic oxidation sites excluding steroid dienone is 1. The fraction of sp³-hybridized carbons (Fsp3) is 0.0833. The molecule has 2 aromatic rings. The third kappa shape index (κ3) is 1.77. The maximum atomic E-state index is 10.6. The fourth-order valence-electron chi connectivity index (χ4n) is 1.64. The van der Waals surface area contributed by atoms with E-state index in [-0.39, 0.29) is 5.88 Å². The molecule has 0 atom stereocenters. The zero-order chi connectivity index (χ0) is 11.5. The van der Waals surface area contributed by atoms with Crippen LogP contribution in [0.4, 0.5) is 10.7 Å². The Labute approximate surface area is 92.2 Å². The van der Waals surface area contributed by atoms with Crippen molar-refractivity contribution in [3.8, 4) is 0 Å². The largest absolute Gasteiger partial charge is 0.465 e. The molecule has 4 heteroatoms. The quantitative estimate of drug-likeness (QED) is 0.775. The summed E-state index contributed by atoms with van der Waals surface area (Å²) in [6.45, 7) is 3.65. The summed E-state index contributed by atoms with van der Waals surface area (Å²) in [6.07, 6.45) is 1.14. The third-order valence-corrected chi connectivity index (χ3v) is 2.27. The molecule has 0 bridgehead atoms. The van der Waals surface area contributed by atoms with E-state index in [1.54, 1.807) is 12.1 Å². The van der Waals surface area contributed by atoms with Gasteiger partial charge in [-0.2, -0.15) is 0 Å². The van der Waals surface area contributed by atoms with E-state index in [0.717, 1.165) is 10.9 Å². The summed E-state index contributed by atoms with van der Waals surface area (Å²) in [4.78, 5) is 10.6. The van der Waals surface area contributed by atoms with Crippen LogP contribution < -0.4 is 5.32 Å². The summed E-state index contributed by atoms with van der Waals surface area (Å²) in [7, 11) is 0. The van der Waals surface area contributed by atoms with Gasteiger partial charge in [0.2, 0.25) is 5.88 Å². The maximum Gasteiger partial charge on any atom is 0.411 e. The van der Waals surface area contributed by atoms with Crippen LogP contribution >= 0.6 is 0 Å². The Kier molecular flexibility index (Phi) is 2.64. The molecule has 0 saturated carbocycles. The van der Waals surface area contributed by atoms with E-state index in [4.69, 9.17) is 9.52 Å². The Bertz CT molecular complexity index is 542. The van der Waals surface area contributed by atoms with E-state index in [1.807, 2.05) is 18.2 Å². The van der Waals surface area contributed by atoms with Gasteiger partial charge in [-0.05, 0) is 12.5 Å². The highest BCUT2D eigenvalue weighted by Crippen LogP contribution is 2.30. The summed E-state index contributed by atoms with van der Waals surface area (Å²) in [5.41, 5.74) is 1.48. The summed E-state index contributed by atoms with van der Waals surface area (Å²) < 4.78 is 5.42. The van der Waals surface area contributed by atoms with E-state index < -0.39 is 6.09 Å². The minimum Gasteiger partial charge on any atom is -0.465 e. The number of rotatable bonds is 3. The zero-order valence-electron chi connectivity index (χ0n) is 8.56. The van der Waals surface area contributed by atoms with Gasteiger partial charge in [-0.1, -0.05) is 24.3 Å². The minimum absolute atomic E-state index is 0.272. The van der Waals surface area contributed by atoms with Crippen LogP contribution in [-0.2, 0) is 6.42 Å². The van der Waals surface area contributed by atoms with Gasteiger partial charge in [0.25, 0.3) is 0 Å². The monoisotopic (exact) mass is 217 g/mol. The SMILES string of the molecule is C=CCc1c(NC(=O)O)oc2ccccc12. The second kappa shape index (κ2) is 4.10. The minimum atomic E-state index is -1.13. The van der Waals surface area contributed by atoms with Crippen LogP contribution in [0.1, 0.15) is 5.56 Å². The lowest BCUT2D eigenvalue weighted by Crippen LogP contribution is -2.07. The number of fused-ring (bicyclic) bond motifs is 1. The standard InChI is InChI=1S/C12H11NO3/c1-2-5-9-8-6-3-4-7-10(8)16-11(9)13-12(14)15/h2-4,6-7,13H,1,5H2,(H,14,15). The average Bonchev–Trinajstić information content (AvgIpc) is 2.57. The van der Waals surface area contributed by atoms with Gasteiger partial charge in [0, 0.05) is 10.9 Å². The average molecular weight is 217 g/mol. The number of hydrogen-bond donors (Lipinski definition) is 2. The van der Waals surface area contributed by atoms with Crippen molar-refractivity contribution in [2.45, 2.75) is 6.42 Å². The van der Waals surface area contributed by atoms with E-state index >= 15 is 0 Å². The second-order valence-electron chi connectivity index (χ2n) is 3.33. The molecular formula is C12H11NO3. The Balaban J connectivity index is 2.57. The van der Waals surface area contributed by atoms with Crippen molar-refractivity contribution in [2.75, 3.05) is 5.32 Å². The third-order valence-electron chi connectivity index (χ3n) is 2.27. The van der Waals surface area contributed by atoms with E-state index in [2.05, 4.69) is 11.9 Å². The van der Waals surface area contributed by atoms with Crippen LogP contribution in [0.3, 0.4) is 0 Å². The molecule has 0 aliphatic carbocycles. The Morgan fingerprint density at radius 1 is 1.50 bits per heavy atom. The van der Waals surface area contributed by atoms with Crippen molar-refractivity contribution in [1.82, 2.24) is 0 Å². The van der Waals surface area contributed by atoms with Crippen molar-refractivity contribution in [3.63, 3.8) is 0 Å². The van der Waals surface area contributed by atoms with Gasteiger partial charge < -0.3 is 9.52 Å². The predicted molar refractivity (Wildman–Crippen MR) is 61.8 cm³/mol. The molecule has 1 aromatic carbocycles. The first-order valence-electron chi connectivity index (χ1n) is 4.83. The lowest BCUT2D eigenvalue weighted by atomic mass is 10.1. The first-order valence-corrected chi connectivity index (χ1v) is 4.83. The lowest BCUT2D eigenvalue weighted by Gasteiger charge is -1.98. The summed E-state index contributed by atoms with van der Waals surface area (Å²) in [5.74, 6) is 0.272. The van der Waals surface area contributed by atoms with Gasteiger partial charge in [-0.3, -0.25) is 5.32 Å². The number of carboxylic acid groups (broad SMARTS) is 1. The molecule has 1 aromatic heterocycles. The van der Waals surface area contributed by atoms with Gasteiger partial charge in [0.1, 0.15) is 5.58 Å². The molecule has 0 unspecified atom stereocenters. The summed E-state index contributed by atoms with van der Waals surface area (Å²) >= 11 is 0. The van der Waals surface area contributed by atoms with Crippen molar-refractivity contribution in [2.24, 2.45) is 0 Å². The summed E-state index contributed by atoms with van der Waals surface area (Å²) in [5, 5.41) is 11.8. The number of para-hydroxylation sites is 1. The number of carbonyl (C=O) groups is 1. The van der Waals surface area contributed by atoms with Gasteiger partial charge in [0.15, 0.2) is 0 Å². The van der Waals surface area contributed by atoms with Gasteiger partial charge in [-0.15, -0.1) is 6.58 Å². The highest BCUT2D eigenvalue weighted by molar-refractivity contribution is 5.91. The highest BCUT2D eigenvalue weighted by atomic mass is 16.4. The van der Waals surface area contributed by atoms with Crippen molar-refractivity contribution in [1.29, 1.82) is 0 Å². The fourth-order valence-corrected chi connectivity index (χ4v) is 1.64. The van der Waals surface area contributed by atoms with Crippen LogP contribution in [0.25, 0.3) is 11.0 Å². The zero-order valence-corrected chi connectivity index (χ0v) is 8.56. The summed E-state index contributed by atoms with van der Waals surface area (Å²) in [6, 6.07) is 7.42. The smallest absolute Gasteiger partial charge is 0.411 e. The van der Waals surface area contributed by atoms with Crippen LogP contribution in [0.5, 0.6) is 0 Å².